The van der Waals surface area contributed by atoms with Gasteiger partial charge in [0.1, 0.15) is 29.9 Å². The van der Waals surface area contributed by atoms with E-state index < -0.39 is 33.3 Å². The molecular formula is C13H17ClF2N4O3S. The second-order valence-electron chi connectivity index (χ2n) is 5.25. The van der Waals surface area contributed by atoms with E-state index in [1.807, 2.05) is 0 Å². The van der Waals surface area contributed by atoms with E-state index in [-0.39, 0.29) is 24.5 Å². The van der Waals surface area contributed by atoms with Gasteiger partial charge in [-0.2, -0.15) is 5.10 Å². The molecular weight excluding hydrogens is 366 g/mol. The van der Waals surface area contributed by atoms with E-state index in [0.29, 0.717) is 6.07 Å². The maximum absolute atomic E-state index is 14.1. The molecule has 1 heterocycles. The van der Waals surface area contributed by atoms with Gasteiger partial charge in [0.2, 0.25) is 10.0 Å². The van der Waals surface area contributed by atoms with Crippen LogP contribution in [0.3, 0.4) is 0 Å². The van der Waals surface area contributed by atoms with Gasteiger partial charge in [-0.1, -0.05) is 6.07 Å². The van der Waals surface area contributed by atoms with Crippen molar-refractivity contribution in [2.75, 3.05) is 6.26 Å². The molecule has 7 nitrogen and oxygen atoms in total. The molecule has 1 aromatic carbocycles. The molecule has 0 spiro atoms. The van der Waals surface area contributed by atoms with Crippen LogP contribution in [0.15, 0.2) is 30.9 Å². The Morgan fingerprint density at radius 1 is 1.42 bits per heavy atom. The Hall–Kier alpha value is -1.62. The summed E-state index contributed by atoms with van der Waals surface area (Å²) < 4.78 is 53.6. The van der Waals surface area contributed by atoms with Crippen LogP contribution in [0.1, 0.15) is 12.5 Å². The molecule has 0 aliphatic rings. The third-order valence-corrected chi connectivity index (χ3v) is 4.16. The largest absolute Gasteiger partial charge is 0.381 e. The monoisotopic (exact) mass is 382 g/mol. The number of aliphatic hydroxyl groups is 1. The van der Waals surface area contributed by atoms with Crippen LogP contribution in [0.4, 0.5) is 8.78 Å². The first kappa shape index (κ1) is 20.4. The molecule has 1 aromatic heterocycles. The van der Waals surface area contributed by atoms with Crippen LogP contribution in [-0.2, 0) is 22.2 Å². The van der Waals surface area contributed by atoms with E-state index >= 15 is 0 Å². The van der Waals surface area contributed by atoms with Gasteiger partial charge in [0.15, 0.2) is 0 Å². The zero-order valence-corrected chi connectivity index (χ0v) is 14.5. The normalized spacial score (nSPS) is 15.4. The molecule has 0 radical (unpaired) electrons. The van der Waals surface area contributed by atoms with Crippen molar-refractivity contribution in [2.45, 2.75) is 25.1 Å². The highest BCUT2D eigenvalue weighted by molar-refractivity contribution is 7.88. The Bertz CT molecular complexity index is 789. The van der Waals surface area contributed by atoms with Crippen molar-refractivity contribution in [1.29, 1.82) is 0 Å². The summed E-state index contributed by atoms with van der Waals surface area (Å²) >= 11 is 0. The van der Waals surface area contributed by atoms with Crippen LogP contribution < -0.4 is 4.72 Å². The molecule has 0 saturated carbocycles. The van der Waals surface area contributed by atoms with Gasteiger partial charge < -0.3 is 5.11 Å². The highest BCUT2D eigenvalue weighted by Crippen LogP contribution is 2.30. The number of rotatable bonds is 6. The average molecular weight is 383 g/mol. The summed E-state index contributed by atoms with van der Waals surface area (Å²) in [6.07, 6.45) is 3.43. The molecule has 2 atom stereocenters. The number of hydrogen-bond donors (Lipinski definition) is 2. The van der Waals surface area contributed by atoms with E-state index in [9.17, 15) is 22.3 Å². The number of nitrogens with zero attached hydrogens (tertiary/aromatic N) is 3. The first-order valence-electron chi connectivity index (χ1n) is 6.59. The Balaban J connectivity index is 0.00000288. The van der Waals surface area contributed by atoms with Crippen LogP contribution in [0.2, 0.25) is 0 Å². The lowest BCUT2D eigenvalue weighted by atomic mass is 9.87. The lowest BCUT2D eigenvalue weighted by Crippen LogP contribution is -2.51. The Morgan fingerprint density at radius 2 is 2.08 bits per heavy atom. The Kier molecular flexibility index (Phi) is 6.39. The second kappa shape index (κ2) is 7.51. The molecule has 2 rings (SSSR count). The van der Waals surface area contributed by atoms with Crippen molar-refractivity contribution in [3.63, 3.8) is 0 Å². The van der Waals surface area contributed by atoms with Crippen LogP contribution in [0.5, 0.6) is 0 Å². The van der Waals surface area contributed by atoms with E-state index in [0.717, 1.165) is 18.4 Å². The first-order valence-corrected chi connectivity index (χ1v) is 8.48. The summed E-state index contributed by atoms with van der Waals surface area (Å²) in [4.78, 5) is 3.72. The van der Waals surface area contributed by atoms with Crippen molar-refractivity contribution < 1.29 is 22.3 Å². The molecule has 0 bridgehead atoms. The number of sulfonamides is 1. The van der Waals surface area contributed by atoms with Gasteiger partial charge in [-0.15, -0.1) is 12.4 Å². The molecule has 0 aliphatic heterocycles. The Labute approximate surface area is 144 Å². The zero-order chi connectivity index (χ0) is 17.3. The molecule has 0 amide bonds. The molecule has 0 aliphatic carbocycles. The van der Waals surface area contributed by atoms with Crippen molar-refractivity contribution in [1.82, 2.24) is 19.5 Å². The predicted molar refractivity (Wildman–Crippen MR) is 85.0 cm³/mol. The number of hydrogen-bond acceptors (Lipinski definition) is 5. The fraction of sp³-hybridized carbons (Fsp3) is 0.385. The van der Waals surface area contributed by atoms with Gasteiger partial charge in [-0.05, 0) is 13.0 Å². The third-order valence-electron chi connectivity index (χ3n) is 3.37. The van der Waals surface area contributed by atoms with Crippen LogP contribution in [0, 0.1) is 11.6 Å². The van der Waals surface area contributed by atoms with Gasteiger partial charge in [0.25, 0.3) is 0 Å². The van der Waals surface area contributed by atoms with Crippen molar-refractivity contribution in [2.24, 2.45) is 0 Å². The molecule has 134 valence electrons. The SMILES string of the molecule is C[C@@H](NS(C)(=O)=O)[C@](O)(Cn1cncn1)c1ccc(F)cc1F.Cl. The van der Waals surface area contributed by atoms with Gasteiger partial charge in [0.05, 0.1) is 18.8 Å². The van der Waals surface area contributed by atoms with Crippen molar-refractivity contribution in [3.8, 4) is 0 Å². The molecule has 11 heteroatoms. The van der Waals surface area contributed by atoms with Crippen LogP contribution in [0.25, 0.3) is 0 Å². The molecule has 2 N–H and O–H groups in total. The van der Waals surface area contributed by atoms with Crippen LogP contribution in [-0.4, -0.2) is 40.6 Å². The van der Waals surface area contributed by atoms with Gasteiger partial charge in [-0.3, -0.25) is 0 Å². The van der Waals surface area contributed by atoms with E-state index in [1.165, 1.54) is 24.3 Å². The lowest BCUT2D eigenvalue weighted by molar-refractivity contribution is -0.0134. The number of nitrogens with one attached hydrogen (secondary N) is 1. The summed E-state index contributed by atoms with van der Waals surface area (Å²) in [6.45, 7) is 1.10. The smallest absolute Gasteiger partial charge is 0.209 e. The minimum absolute atomic E-state index is 0. The summed E-state index contributed by atoms with van der Waals surface area (Å²) in [5.41, 5.74) is -2.26. The van der Waals surface area contributed by atoms with Gasteiger partial charge in [-0.25, -0.2) is 31.6 Å². The standard InChI is InChI=1S/C13H16F2N4O3S.ClH/c1-9(18-23(2,21)22)13(20,6-19-8-16-7-17-19)11-4-3-10(14)5-12(11)15;/h3-5,7-9,18,20H,6H2,1-2H3;1H/t9-,13-;/m1./s1. The summed E-state index contributed by atoms with van der Waals surface area (Å²) in [6, 6.07) is 1.57. The van der Waals surface area contributed by atoms with Crippen molar-refractivity contribution in [3.05, 3.63) is 48.1 Å². The third kappa shape index (κ3) is 4.69. The number of halogens is 3. The molecule has 0 saturated heterocycles. The van der Waals surface area contributed by atoms with Crippen molar-refractivity contribution >= 4 is 22.4 Å². The highest BCUT2D eigenvalue weighted by Gasteiger charge is 2.40. The first-order chi connectivity index (χ1) is 10.6. The fourth-order valence-corrected chi connectivity index (χ4v) is 3.11. The Morgan fingerprint density at radius 3 is 2.58 bits per heavy atom. The van der Waals surface area contributed by atoms with E-state index in [1.54, 1.807) is 0 Å². The quantitative estimate of drug-likeness (QED) is 0.770. The predicted octanol–water partition coefficient (Wildman–Crippen LogP) is 0.804. The topological polar surface area (TPSA) is 97.1 Å². The van der Waals surface area contributed by atoms with Gasteiger partial charge in [0, 0.05) is 11.6 Å². The summed E-state index contributed by atoms with van der Waals surface area (Å²) in [5.74, 6) is -1.80. The minimum atomic E-state index is -3.67. The van der Waals surface area contributed by atoms with E-state index in [2.05, 4.69) is 14.8 Å². The molecule has 2 aromatic rings. The summed E-state index contributed by atoms with van der Waals surface area (Å²) in [7, 11) is -3.67. The summed E-state index contributed by atoms with van der Waals surface area (Å²) in [5, 5.41) is 14.8. The van der Waals surface area contributed by atoms with E-state index in [4.69, 9.17) is 0 Å². The molecule has 0 unspecified atom stereocenters. The molecule has 24 heavy (non-hydrogen) atoms. The van der Waals surface area contributed by atoms with Crippen LogP contribution >= 0.6 is 12.4 Å². The fourth-order valence-electron chi connectivity index (χ4n) is 2.28. The van der Waals surface area contributed by atoms with Gasteiger partial charge >= 0.3 is 0 Å². The minimum Gasteiger partial charge on any atom is -0.381 e. The number of aromatic nitrogens is 3. The second-order valence-corrected chi connectivity index (χ2v) is 7.03. The lowest BCUT2D eigenvalue weighted by Gasteiger charge is -2.34. The number of benzene rings is 1. The highest BCUT2D eigenvalue weighted by atomic mass is 35.5. The maximum Gasteiger partial charge on any atom is 0.209 e. The maximum atomic E-state index is 14.1. The molecule has 0 fully saturated rings. The average Bonchev–Trinajstić information content (AvgIpc) is 2.88. The zero-order valence-electron chi connectivity index (χ0n) is 12.8.